The zero-order chi connectivity index (χ0) is 17.3. The van der Waals surface area contributed by atoms with Gasteiger partial charge in [0.05, 0.1) is 6.21 Å². The maximum Gasteiger partial charge on any atom is 0.305 e. The number of nitrogens with one attached hydrogen (secondary N) is 1. The summed E-state index contributed by atoms with van der Waals surface area (Å²) in [5, 5.41) is 3.99. The summed E-state index contributed by atoms with van der Waals surface area (Å²) in [6.07, 6.45) is 5.24. The van der Waals surface area contributed by atoms with E-state index in [-0.39, 0.29) is 24.9 Å². The Morgan fingerprint density at radius 3 is 2.42 bits per heavy atom. The highest BCUT2D eigenvalue weighted by molar-refractivity contribution is 5.82. The summed E-state index contributed by atoms with van der Waals surface area (Å²) in [5.74, 6) is 1.29. The number of para-hydroxylation sites is 1. The molecule has 2 aromatic carbocycles. The fourth-order valence-electron chi connectivity index (χ4n) is 2.20. The van der Waals surface area contributed by atoms with Crippen molar-refractivity contribution in [3.8, 4) is 11.5 Å². The largest absolute Gasteiger partial charge is 1.00 e. The number of rotatable bonds is 6. The molecule has 3 aromatic rings. The number of carbonyl (C=O) groups excluding carboxylic acids is 1. The highest BCUT2D eigenvalue weighted by Crippen LogP contribution is 2.21. The number of ether oxygens (including phenoxy) is 1. The Bertz CT molecular complexity index is 855. The van der Waals surface area contributed by atoms with Crippen LogP contribution in [0.2, 0.25) is 0 Å². The van der Waals surface area contributed by atoms with E-state index in [0.717, 1.165) is 11.3 Å². The summed E-state index contributed by atoms with van der Waals surface area (Å²) in [5.41, 5.74) is 3.35. The van der Waals surface area contributed by atoms with Crippen LogP contribution in [-0.4, -0.2) is 12.1 Å². The molecule has 0 bridgehead atoms. The van der Waals surface area contributed by atoms with E-state index in [0.29, 0.717) is 5.75 Å². The SMILES string of the molecule is O=C(C[n+]1ccccc1)N/N=C/c1cccc(Oc2ccccc2)c1.[Cl-]. The average Bonchev–Trinajstić information content (AvgIpc) is 2.64. The summed E-state index contributed by atoms with van der Waals surface area (Å²) in [4.78, 5) is 11.8. The van der Waals surface area contributed by atoms with Crippen LogP contribution in [0.15, 0.2) is 90.3 Å². The van der Waals surface area contributed by atoms with E-state index in [9.17, 15) is 4.79 Å². The van der Waals surface area contributed by atoms with Crippen LogP contribution in [0.25, 0.3) is 0 Å². The molecular formula is C20H18ClN3O2. The van der Waals surface area contributed by atoms with Crippen LogP contribution in [0.3, 0.4) is 0 Å². The summed E-state index contributed by atoms with van der Waals surface area (Å²) in [6.45, 7) is 0.218. The first kappa shape index (κ1) is 19.1. The minimum Gasteiger partial charge on any atom is -1.00 e. The van der Waals surface area contributed by atoms with E-state index >= 15 is 0 Å². The third-order valence-corrected chi connectivity index (χ3v) is 3.34. The van der Waals surface area contributed by atoms with Crippen LogP contribution >= 0.6 is 0 Å². The molecule has 1 heterocycles. The molecule has 132 valence electrons. The van der Waals surface area contributed by atoms with E-state index < -0.39 is 0 Å². The maximum absolute atomic E-state index is 11.8. The van der Waals surface area contributed by atoms with Gasteiger partial charge in [-0.3, -0.25) is 4.79 Å². The first-order chi connectivity index (χ1) is 12.3. The van der Waals surface area contributed by atoms with Crippen LogP contribution in [0.5, 0.6) is 11.5 Å². The zero-order valence-corrected chi connectivity index (χ0v) is 14.7. The molecule has 0 unspecified atom stereocenters. The van der Waals surface area contributed by atoms with Crippen LogP contribution in [0.1, 0.15) is 5.56 Å². The quantitative estimate of drug-likeness (QED) is 0.376. The van der Waals surface area contributed by atoms with Gasteiger partial charge in [0.15, 0.2) is 12.4 Å². The second kappa shape index (κ2) is 9.96. The van der Waals surface area contributed by atoms with E-state index in [4.69, 9.17) is 4.74 Å². The molecule has 0 atom stereocenters. The van der Waals surface area contributed by atoms with Gasteiger partial charge < -0.3 is 17.1 Å². The minimum absolute atomic E-state index is 0. The van der Waals surface area contributed by atoms with E-state index in [1.165, 1.54) is 0 Å². The van der Waals surface area contributed by atoms with E-state index in [1.54, 1.807) is 10.8 Å². The van der Waals surface area contributed by atoms with Crippen molar-refractivity contribution in [2.45, 2.75) is 6.54 Å². The average molecular weight is 368 g/mol. The predicted molar refractivity (Wildman–Crippen MR) is 95.3 cm³/mol. The Morgan fingerprint density at radius 2 is 1.65 bits per heavy atom. The standard InChI is InChI=1S/C20H17N3O2.ClH/c24-20(16-23-12-5-2-6-13-23)22-21-15-17-8-7-11-19(14-17)25-18-9-3-1-4-10-18;/h1-15H,16H2;1H/b21-15+;. The van der Waals surface area contributed by atoms with Crippen LogP contribution in [0, 0.1) is 0 Å². The van der Waals surface area contributed by atoms with E-state index in [1.807, 2.05) is 85.2 Å². The zero-order valence-electron chi connectivity index (χ0n) is 14.0. The summed E-state index contributed by atoms with van der Waals surface area (Å²) < 4.78 is 7.55. The third kappa shape index (κ3) is 6.03. The van der Waals surface area contributed by atoms with Crippen molar-refractivity contribution in [3.05, 3.63) is 90.8 Å². The molecule has 0 spiro atoms. The fourth-order valence-corrected chi connectivity index (χ4v) is 2.20. The van der Waals surface area contributed by atoms with Crippen molar-refractivity contribution in [2.24, 2.45) is 5.10 Å². The second-order valence-electron chi connectivity index (χ2n) is 5.33. The number of hydrogen-bond acceptors (Lipinski definition) is 3. The molecular weight excluding hydrogens is 350 g/mol. The van der Waals surface area contributed by atoms with Crippen molar-refractivity contribution < 1.29 is 26.5 Å². The van der Waals surface area contributed by atoms with Gasteiger partial charge in [-0.05, 0) is 29.8 Å². The first-order valence-corrected chi connectivity index (χ1v) is 7.88. The lowest BCUT2D eigenvalue weighted by Gasteiger charge is -2.05. The number of halogens is 1. The summed E-state index contributed by atoms with van der Waals surface area (Å²) in [6, 6.07) is 22.7. The minimum atomic E-state index is -0.191. The van der Waals surface area contributed by atoms with E-state index in [2.05, 4.69) is 10.5 Å². The van der Waals surface area contributed by atoms with Crippen LogP contribution in [-0.2, 0) is 11.3 Å². The number of benzene rings is 2. The second-order valence-corrected chi connectivity index (χ2v) is 5.33. The lowest BCUT2D eigenvalue weighted by atomic mass is 10.2. The van der Waals surface area contributed by atoms with Gasteiger partial charge in [-0.25, -0.2) is 5.43 Å². The molecule has 0 saturated carbocycles. The number of carbonyl (C=O) groups is 1. The van der Waals surface area contributed by atoms with Crippen LogP contribution < -0.4 is 27.1 Å². The van der Waals surface area contributed by atoms with Gasteiger partial charge in [0.25, 0.3) is 0 Å². The van der Waals surface area contributed by atoms with Gasteiger partial charge in [-0.15, -0.1) is 0 Å². The molecule has 1 amide bonds. The summed E-state index contributed by atoms with van der Waals surface area (Å²) >= 11 is 0. The molecule has 0 saturated heterocycles. The Morgan fingerprint density at radius 1 is 0.962 bits per heavy atom. The van der Waals surface area contributed by atoms with Gasteiger partial charge in [-0.2, -0.15) is 9.67 Å². The van der Waals surface area contributed by atoms with Gasteiger partial charge >= 0.3 is 5.91 Å². The topological polar surface area (TPSA) is 54.6 Å². The number of nitrogens with zero attached hydrogens (tertiary/aromatic N) is 2. The van der Waals surface area contributed by atoms with Gasteiger partial charge in [0, 0.05) is 12.1 Å². The maximum atomic E-state index is 11.8. The van der Waals surface area contributed by atoms with Gasteiger partial charge in [-0.1, -0.05) is 36.4 Å². The lowest BCUT2D eigenvalue weighted by Crippen LogP contribution is -3.00. The molecule has 0 fully saturated rings. The van der Waals surface area contributed by atoms with Crippen LogP contribution in [0.4, 0.5) is 0 Å². The normalized spacial score (nSPS) is 10.2. The van der Waals surface area contributed by atoms with Crippen molar-refractivity contribution in [2.75, 3.05) is 0 Å². The number of hydrogen-bond donors (Lipinski definition) is 1. The number of aromatic nitrogens is 1. The van der Waals surface area contributed by atoms with Gasteiger partial charge in [0.1, 0.15) is 11.5 Å². The molecule has 26 heavy (non-hydrogen) atoms. The molecule has 0 radical (unpaired) electrons. The molecule has 3 rings (SSSR count). The molecule has 0 aliphatic carbocycles. The highest BCUT2D eigenvalue weighted by atomic mass is 35.5. The Labute approximate surface area is 158 Å². The first-order valence-electron chi connectivity index (χ1n) is 7.88. The number of pyridine rings is 1. The molecule has 5 nitrogen and oxygen atoms in total. The smallest absolute Gasteiger partial charge is 0.305 e. The van der Waals surface area contributed by atoms with Crippen molar-refractivity contribution in [1.82, 2.24) is 5.43 Å². The number of hydrazone groups is 1. The molecule has 0 aliphatic heterocycles. The Balaban J connectivity index is 0.00000243. The van der Waals surface area contributed by atoms with Crippen molar-refractivity contribution in [1.29, 1.82) is 0 Å². The monoisotopic (exact) mass is 367 g/mol. The Hall–Kier alpha value is -3.18. The molecule has 0 aliphatic rings. The molecule has 1 aromatic heterocycles. The van der Waals surface area contributed by atoms with Crippen molar-refractivity contribution in [3.63, 3.8) is 0 Å². The highest BCUT2D eigenvalue weighted by Gasteiger charge is 2.06. The Kier molecular flexibility index (Phi) is 7.33. The molecule has 6 heteroatoms. The predicted octanol–water partition coefficient (Wildman–Crippen LogP) is -0.0793. The summed E-state index contributed by atoms with van der Waals surface area (Å²) in [7, 11) is 0. The fraction of sp³-hybridized carbons (Fsp3) is 0.0500. The van der Waals surface area contributed by atoms with Gasteiger partial charge in [0.2, 0.25) is 6.54 Å². The lowest BCUT2D eigenvalue weighted by molar-refractivity contribution is -0.684. The molecule has 1 N–H and O–H groups in total. The van der Waals surface area contributed by atoms with Crippen molar-refractivity contribution >= 4 is 12.1 Å². The third-order valence-electron chi connectivity index (χ3n) is 3.34. The number of amides is 1.